The van der Waals surface area contributed by atoms with Gasteiger partial charge >= 0.3 is 5.97 Å². The third-order valence-corrected chi connectivity index (χ3v) is 3.11. The van der Waals surface area contributed by atoms with Gasteiger partial charge in [0.1, 0.15) is 0 Å². The van der Waals surface area contributed by atoms with Crippen molar-refractivity contribution in [2.75, 3.05) is 13.1 Å². The molecule has 1 aliphatic rings. The first-order chi connectivity index (χ1) is 7.09. The zero-order valence-corrected chi connectivity index (χ0v) is 9.65. The Bertz CT molecular complexity index is 228. The van der Waals surface area contributed by atoms with Gasteiger partial charge in [-0.05, 0) is 52.1 Å². The molecule has 1 rings (SSSR count). The van der Waals surface area contributed by atoms with Crippen molar-refractivity contribution in [2.24, 2.45) is 5.92 Å². The number of hydrogen-bond acceptors (Lipinski definition) is 2. The number of nitrogens with zero attached hydrogens (tertiary/aromatic N) is 1. The number of carboxylic acids is 1. The fourth-order valence-corrected chi connectivity index (χ4v) is 2.07. The van der Waals surface area contributed by atoms with E-state index in [1.54, 1.807) is 6.08 Å². The lowest BCUT2D eigenvalue weighted by Crippen LogP contribution is -2.38. The molecule has 0 aliphatic carbocycles. The Morgan fingerprint density at radius 1 is 1.47 bits per heavy atom. The Morgan fingerprint density at radius 3 is 2.53 bits per heavy atom. The molecular formula is C12H21NO2. The molecule has 0 unspecified atom stereocenters. The minimum Gasteiger partial charge on any atom is -0.478 e. The molecule has 0 saturated carbocycles. The predicted octanol–water partition coefficient (Wildman–Crippen LogP) is 2.14. The van der Waals surface area contributed by atoms with E-state index in [0.717, 1.165) is 19.5 Å². The third-order valence-electron chi connectivity index (χ3n) is 3.11. The fourth-order valence-electron chi connectivity index (χ4n) is 2.07. The Hall–Kier alpha value is -0.830. The average Bonchev–Trinajstić information content (AvgIpc) is 2.18. The maximum atomic E-state index is 10.3. The molecule has 1 aliphatic heterocycles. The van der Waals surface area contributed by atoms with E-state index in [1.807, 2.05) is 0 Å². The van der Waals surface area contributed by atoms with E-state index in [0.29, 0.717) is 12.0 Å². The zero-order chi connectivity index (χ0) is 11.3. The van der Waals surface area contributed by atoms with Crippen LogP contribution in [0.5, 0.6) is 0 Å². The summed E-state index contributed by atoms with van der Waals surface area (Å²) in [5.41, 5.74) is 0. The van der Waals surface area contributed by atoms with Crippen molar-refractivity contribution in [1.82, 2.24) is 4.90 Å². The number of allylic oxidation sites excluding steroid dienone is 1. The van der Waals surface area contributed by atoms with E-state index in [9.17, 15) is 4.79 Å². The van der Waals surface area contributed by atoms with Gasteiger partial charge in [-0.1, -0.05) is 6.08 Å². The molecule has 0 bridgehead atoms. The van der Waals surface area contributed by atoms with Crippen LogP contribution in [0.15, 0.2) is 12.2 Å². The molecule has 0 aromatic heterocycles. The van der Waals surface area contributed by atoms with Gasteiger partial charge in [0.15, 0.2) is 0 Å². The second-order valence-corrected chi connectivity index (χ2v) is 4.55. The summed E-state index contributed by atoms with van der Waals surface area (Å²) in [6, 6.07) is 0.639. The van der Waals surface area contributed by atoms with Crippen LogP contribution in [0, 0.1) is 5.92 Å². The predicted molar refractivity (Wildman–Crippen MR) is 60.8 cm³/mol. The summed E-state index contributed by atoms with van der Waals surface area (Å²) >= 11 is 0. The molecule has 15 heavy (non-hydrogen) atoms. The first kappa shape index (κ1) is 12.2. The molecule has 0 atom stereocenters. The normalized spacial score (nSPS) is 20.2. The summed E-state index contributed by atoms with van der Waals surface area (Å²) in [4.78, 5) is 12.8. The molecule has 3 nitrogen and oxygen atoms in total. The van der Waals surface area contributed by atoms with Crippen LogP contribution in [-0.4, -0.2) is 35.1 Å². The minimum atomic E-state index is -0.838. The lowest BCUT2D eigenvalue weighted by molar-refractivity contribution is -0.131. The minimum absolute atomic E-state index is 0.639. The molecular weight excluding hydrogens is 190 g/mol. The molecule has 0 radical (unpaired) electrons. The van der Waals surface area contributed by atoms with E-state index in [-0.39, 0.29) is 0 Å². The fraction of sp³-hybridized carbons (Fsp3) is 0.750. The molecule has 1 heterocycles. The number of carboxylic acid groups (broad SMARTS) is 1. The second-order valence-electron chi connectivity index (χ2n) is 4.55. The van der Waals surface area contributed by atoms with Crippen molar-refractivity contribution in [3.8, 4) is 0 Å². The van der Waals surface area contributed by atoms with Crippen molar-refractivity contribution in [2.45, 2.75) is 39.2 Å². The molecule has 0 spiro atoms. The smallest absolute Gasteiger partial charge is 0.327 e. The van der Waals surface area contributed by atoms with Gasteiger partial charge in [-0.25, -0.2) is 4.79 Å². The third kappa shape index (κ3) is 4.47. The van der Waals surface area contributed by atoms with E-state index in [1.165, 1.54) is 18.9 Å². The molecule has 0 amide bonds. The summed E-state index contributed by atoms with van der Waals surface area (Å²) in [7, 11) is 0. The van der Waals surface area contributed by atoms with Gasteiger partial charge in [0.25, 0.3) is 0 Å². The van der Waals surface area contributed by atoms with Crippen LogP contribution < -0.4 is 0 Å². The van der Waals surface area contributed by atoms with Crippen LogP contribution in [0.1, 0.15) is 33.1 Å². The summed E-state index contributed by atoms with van der Waals surface area (Å²) in [5.74, 6) is -0.162. The lowest BCUT2D eigenvalue weighted by atomic mass is 9.93. The molecule has 1 saturated heterocycles. The Morgan fingerprint density at radius 2 is 2.07 bits per heavy atom. The molecule has 1 N–H and O–H groups in total. The topological polar surface area (TPSA) is 40.5 Å². The van der Waals surface area contributed by atoms with Crippen molar-refractivity contribution in [1.29, 1.82) is 0 Å². The number of carbonyl (C=O) groups is 1. The monoisotopic (exact) mass is 211 g/mol. The van der Waals surface area contributed by atoms with Gasteiger partial charge < -0.3 is 10.0 Å². The Kier molecular flexibility index (Phi) is 4.82. The number of aliphatic carboxylic acids is 1. The Labute approximate surface area is 91.8 Å². The maximum Gasteiger partial charge on any atom is 0.327 e. The maximum absolute atomic E-state index is 10.3. The quantitative estimate of drug-likeness (QED) is 0.724. The van der Waals surface area contributed by atoms with Gasteiger partial charge in [-0.15, -0.1) is 0 Å². The highest BCUT2D eigenvalue weighted by Gasteiger charge is 2.19. The van der Waals surface area contributed by atoms with Gasteiger partial charge in [-0.3, -0.25) is 0 Å². The number of likely N-dealkylation sites (tertiary alicyclic amines) is 1. The van der Waals surface area contributed by atoms with Crippen LogP contribution in [0.3, 0.4) is 0 Å². The van der Waals surface area contributed by atoms with Gasteiger partial charge in [0, 0.05) is 12.1 Å². The highest BCUT2D eigenvalue weighted by Crippen LogP contribution is 2.21. The van der Waals surface area contributed by atoms with Crippen molar-refractivity contribution in [3.05, 3.63) is 12.2 Å². The first-order valence-electron chi connectivity index (χ1n) is 5.73. The van der Waals surface area contributed by atoms with E-state index in [2.05, 4.69) is 18.7 Å². The first-order valence-corrected chi connectivity index (χ1v) is 5.73. The van der Waals surface area contributed by atoms with Gasteiger partial charge in [0.05, 0.1) is 0 Å². The molecule has 1 fully saturated rings. The van der Waals surface area contributed by atoms with Crippen LogP contribution in [-0.2, 0) is 4.79 Å². The van der Waals surface area contributed by atoms with E-state index >= 15 is 0 Å². The highest BCUT2D eigenvalue weighted by atomic mass is 16.4. The van der Waals surface area contributed by atoms with Crippen molar-refractivity contribution < 1.29 is 9.90 Å². The van der Waals surface area contributed by atoms with Gasteiger partial charge in [0.2, 0.25) is 0 Å². The van der Waals surface area contributed by atoms with Gasteiger partial charge in [-0.2, -0.15) is 0 Å². The lowest BCUT2D eigenvalue weighted by Gasteiger charge is -2.34. The van der Waals surface area contributed by atoms with E-state index in [4.69, 9.17) is 5.11 Å². The average molecular weight is 211 g/mol. The van der Waals surface area contributed by atoms with Crippen molar-refractivity contribution >= 4 is 5.97 Å². The largest absolute Gasteiger partial charge is 0.478 e. The molecule has 0 aromatic rings. The van der Waals surface area contributed by atoms with Crippen LogP contribution >= 0.6 is 0 Å². The molecule has 3 heteroatoms. The number of rotatable bonds is 4. The summed E-state index contributed by atoms with van der Waals surface area (Å²) in [5, 5.41) is 8.46. The summed E-state index contributed by atoms with van der Waals surface area (Å²) < 4.78 is 0. The molecule has 0 aromatic carbocycles. The summed E-state index contributed by atoms with van der Waals surface area (Å²) in [6.45, 7) is 6.77. The Balaban J connectivity index is 2.23. The van der Waals surface area contributed by atoms with Crippen LogP contribution in [0.4, 0.5) is 0 Å². The second kappa shape index (κ2) is 5.91. The van der Waals surface area contributed by atoms with E-state index < -0.39 is 5.97 Å². The van der Waals surface area contributed by atoms with Crippen molar-refractivity contribution in [3.63, 3.8) is 0 Å². The summed E-state index contributed by atoms with van der Waals surface area (Å²) in [6.07, 6.45) is 6.36. The molecule has 86 valence electrons. The number of piperidine rings is 1. The van der Waals surface area contributed by atoms with Crippen LogP contribution in [0.25, 0.3) is 0 Å². The number of hydrogen-bond donors (Lipinski definition) is 1. The standard InChI is InChI=1S/C12H21NO2/c1-10(2)13-8-6-11(7-9-13)4-3-5-12(14)15/h3,5,10-11H,4,6-9H2,1-2H3,(H,14,15)/b5-3-. The highest BCUT2D eigenvalue weighted by molar-refractivity contribution is 5.79. The SMILES string of the molecule is CC(C)N1CCC(C/C=C\C(=O)O)CC1. The van der Waals surface area contributed by atoms with Crippen LogP contribution in [0.2, 0.25) is 0 Å². The zero-order valence-electron chi connectivity index (χ0n) is 9.65.